The van der Waals surface area contributed by atoms with Crippen LogP contribution in [0.3, 0.4) is 0 Å². The number of hydrogen-bond acceptors (Lipinski definition) is 3. The van der Waals surface area contributed by atoms with Crippen LogP contribution in [-0.4, -0.2) is 15.0 Å². The van der Waals surface area contributed by atoms with Crippen molar-refractivity contribution in [2.24, 2.45) is 0 Å². The fourth-order valence-corrected chi connectivity index (χ4v) is 5.93. The molecule has 6 aromatic carbocycles. The molecule has 3 nitrogen and oxygen atoms in total. The minimum absolute atomic E-state index is 0.703. The average molecular weight is 588 g/mol. The molecule has 0 aliphatic carbocycles. The molecule has 216 valence electrons. The van der Waals surface area contributed by atoms with Gasteiger partial charge in [-0.05, 0) is 68.9 Å². The zero-order chi connectivity index (χ0) is 30.7. The number of nitrogens with zero attached hydrogens (tertiary/aromatic N) is 3. The van der Waals surface area contributed by atoms with Crippen molar-refractivity contribution < 1.29 is 0 Å². The molecule has 0 atom stereocenters. The summed E-state index contributed by atoms with van der Waals surface area (Å²) in [4.78, 5) is 14.6. The molecule has 0 radical (unpaired) electrons. The Balaban J connectivity index is 1.23. The Morgan fingerprint density at radius 2 is 0.848 bits per heavy atom. The van der Waals surface area contributed by atoms with Crippen LogP contribution in [-0.2, 0) is 0 Å². The third-order valence-electron chi connectivity index (χ3n) is 8.37. The predicted molar refractivity (Wildman–Crippen MR) is 190 cm³/mol. The molecule has 0 N–H and O–H groups in total. The maximum absolute atomic E-state index is 5.15. The fourth-order valence-electron chi connectivity index (χ4n) is 5.93. The summed E-state index contributed by atoms with van der Waals surface area (Å²) in [5.74, 6) is 0.703. The molecule has 0 spiro atoms. The maximum atomic E-state index is 5.15. The fraction of sp³-hybridized carbons (Fsp3) is 0. The predicted octanol–water partition coefficient (Wildman–Crippen LogP) is 11.0. The van der Waals surface area contributed by atoms with Crippen molar-refractivity contribution in [1.29, 1.82) is 0 Å². The van der Waals surface area contributed by atoms with E-state index >= 15 is 0 Å². The second-order valence-corrected chi connectivity index (χ2v) is 11.4. The van der Waals surface area contributed by atoms with E-state index in [0.29, 0.717) is 5.82 Å². The smallest absolute Gasteiger partial charge is 0.160 e. The molecule has 0 saturated carbocycles. The summed E-state index contributed by atoms with van der Waals surface area (Å²) in [6, 6.07) is 57.3. The van der Waals surface area contributed by atoms with Crippen molar-refractivity contribution in [2.75, 3.05) is 0 Å². The topological polar surface area (TPSA) is 38.7 Å². The third kappa shape index (κ3) is 5.58. The summed E-state index contributed by atoms with van der Waals surface area (Å²) in [6.45, 7) is 0. The molecular weight excluding hydrogens is 558 g/mol. The number of fused-ring (bicyclic) bond motifs is 1. The molecule has 0 amide bonds. The summed E-state index contributed by atoms with van der Waals surface area (Å²) in [7, 11) is 0. The second kappa shape index (κ2) is 12.1. The van der Waals surface area contributed by atoms with E-state index in [0.717, 1.165) is 50.3 Å². The van der Waals surface area contributed by atoms with Crippen molar-refractivity contribution in [1.82, 2.24) is 15.0 Å². The molecule has 2 aromatic heterocycles. The lowest BCUT2D eigenvalue weighted by Crippen LogP contribution is -1.96. The van der Waals surface area contributed by atoms with Gasteiger partial charge in [0.15, 0.2) is 5.82 Å². The standard InChI is InChI=1S/C43H29N3/c1-2-9-30(10-3-1)32-18-21-33(22-19-32)41-28-42(46-43(45-41)39-23-20-31-11-4-5-12-34(31)27-39)38-16-7-14-36(26-38)35-13-6-15-37(25-35)40-17-8-24-44-29-40/h1-29H. The van der Waals surface area contributed by atoms with E-state index in [4.69, 9.17) is 9.97 Å². The molecule has 0 unspecified atom stereocenters. The Morgan fingerprint density at radius 3 is 1.59 bits per heavy atom. The van der Waals surface area contributed by atoms with E-state index in [2.05, 4.69) is 157 Å². The van der Waals surface area contributed by atoms with Crippen molar-refractivity contribution in [2.45, 2.75) is 0 Å². The molecule has 46 heavy (non-hydrogen) atoms. The van der Waals surface area contributed by atoms with Crippen LogP contribution in [0.4, 0.5) is 0 Å². The van der Waals surface area contributed by atoms with Gasteiger partial charge in [0.1, 0.15) is 0 Å². The van der Waals surface area contributed by atoms with E-state index in [1.807, 2.05) is 18.3 Å². The lowest BCUT2D eigenvalue weighted by molar-refractivity contribution is 1.18. The zero-order valence-corrected chi connectivity index (χ0v) is 25.1. The normalized spacial score (nSPS) is 11.0. The van der Waals surface area contributed by atoms with Gasteiger partial charge in [-0.1, -0.05) is 133 Å². The lowest BCUT2D eigenvalue weighted by atomic mass is 9.97. The van der Waals surface area contributed by atoms with Crippen LogP contribution >= 0.6 is 0 Å². The highest BCUT2D eigenvalue weighted by molar-refractivity contribution is 5.87. The quantitative estimate of drug-likeness (QED) is 0.194. The van der Waals surface area contributed by atoms with Crippen molar-refractivity contribution in [3.05, 3.63) is 176 Å². The Morgan fingerprint density at radius 1 is 0.304 bits per heavy atom. The van der Waals surface area contributed by atoms with Gasteiger partial charge >= 0.3 is 0 Å². The molecule has 2 heterocycles. The Hall–Kier alpha value is -6.19. The van der Waals surface area contributed by atoms with E-state index < -0.39 is 0 Å². The number of hydrogen-bond donors (Lipinski definition) is 0. The molecule has 0 aliphatic heterocycles. The molecule has 8 rings (SSSR count). The van der Waals surface area contributed by atoms with Crippen LogP contribution in [0.2, 0.25) is 0 Å². The van der Waals surface area contributed by atoms with Crippen LogP contribution < -0.4 is 0 Å². The van der Waals surface area contributed by atoms with Crippen LogP contribution in [0.5, 0.6) is 0 Å². The highest BCUT2D eigenvalue weighted by Crippen LogP contribution is 2.33. The van der Waals surface area contributed by atoms with Gasteiger partial charge in [-0.3, -0.25) is 4.98 Å². The second-order valence-electron chi connectivity index (χ2n) is 11.4. The van der Waals surface area contributed by atoms with Gasteiger partial charge in [0.05, 0.1) is 11.4 Å². The van der Waals surface area contributed by atoms with E-state index in [1.54, 1.807) is 6.20 Å². The van der Waals surface area contributed by atoms with Gasteiger partial charge in [-0.2, -0.15) is 0 Å². The summed E-state index contributed by atoms with van der Waals surface area (Å²) in [5, 5.41) is 2.36. The van der Waals surface area contributed by atoms with Crippen molar-refractivity contribution in [3.8, 4) is 67.3 Å². The maximum Gasteiger partial charge on any atom is 0.160 e. The van der Waals surface area contributed by atoms with E-state index in [9.17, 15) is 0 Å². The minimum Gasteiger partial charge on any atom is -0.264 e. The van der Waals surface area contributed by atoms with Crippen molar-refractivity contribution in [3.63, 3.8) is 0 Å². The van der Waals surface area contributed by atoms with E-state index in [1.165, 1.54) is 21.9 Å². The third-order valence-corrected chi connectivity index (χ3v) is 8.37. The Bertz CT molecular complexity index is 2290. The Kier molecular flexibility index (Phi) is 7.18. The number of aromatic nitrogens is 3. The Labute approximate surface area is 268 Å². The largest absolute Gasteiger partial charge is 0.264 e. The first-order valence-electron chi connectivity index (χ1n) is 15.4. The van der Waals surface area contributed by atoms with Crippen LogP contribution in [0, 0.1) is 0 Å². The zero-order valence-electron chi connectivity index (χ0n) is 25.1. The summed E-state index contributed by atoms with van der Waals surface area (Å²) in [5.41, 5.74) is 11.7. The van der Waals surface area contributed by atoms with Gasteiger partial charge in [0, 0.05) is 34.6 Å². The van der Waals surface area contributed by atoms with Gasteiger partial charge in [-0.25, -0.2) is 9.97 Å². The van der Waals surface area contributed by atoms with Gasteiger partial charge in [-0.15, -0.1) is 0 Å². The summed E-state index contributed by atoms with van der Waals surface area (Å²) in [6.07, 6.45) is 3.70. The van der Waals surface area contributed by atoms with E-state index in [-0.39, 0.29) is 0 Å². The average Bonchev–Trinajstić information content (AvgIpc) is 3.15. The molecule has 8 aromatic rings. The van der Waals surface area contributed by atoms with Gasteiger partial charge in [0.25, 0.3) is 0 Å². The first-order chi connectivity index (χ1) is 22.8. The first kappa shape index (κ1) is 27.4. The van der Waals surface area contributed by atoms with Crippen LogP contribution in [0.25, 0.3) is 78.1 Å². The van der Waals surface area contributed by atoms with Crippen LogP contribution in [0.1, 0.15) is 0 Å². The van der Waals surface area contributed by atoms with Gasteiger partial charge in [0.2, 0.25) is 0 Å². The monoisotopic (exact) mass is 587 g/mol. The highest BCUT2D eigenvalue weighted by atomic mass is 14.9. The van der Waals surface area contributed by atoms with Gasteiger partial charge < -0.3 is 0 Å². The van der Waals surface area contributed by atoms with Crippen LogP contribution in [0.15, 0.2) is 176 Å². The van der Waals surface area contributed by atoms with Crippen molar-refractivity contribution >= 4 is 10.8 Å². The number of pyridine rings is 1. The molecule has 3 heteroatoms. The summed E-state index contributed by atoms with van der Waals surface area (Å²) < 4.78 is 0. The molecular formula is C43H29N3. The molecule has 0 aliphatic rings. The SMILES string of the molecule is c1ccc(-c2ccc(-c3cc(-c4cccc(-c5cccc(-c6cccnc6)c5)c4)nc(-c4ccc5ccccc5c4)n3)cc2)cc1. The molecule has 0 fully saturated rings. The molecule has 0 bridgehead atoms. The lowest BCUT2D eigenvalue weighted by Gasteiger charge is -2.12. The summed E-state index contributed by atoms with van der Waals surface area (Å²) >= 11 is 0. The molecule has 0 saturated heterocycles. The number of rotatable bonds is 6. The minimum atomic E-state index is 0.703. The highest BCUT2D eigenvalue weighted by Gasteiger charge is 2.13. The first-order valence-corrected chi connectivity index (χ1v) is 15.4. The number of benzene rings is 6.